The molecule has 1 aromatic rings. The van der Waals surface area contributed by atoms with Crippen LogP contribution in [0.25, 0.3) is 0 Å². The number of fused-ring (bicyclic) bond motifs is 1. The van der Waals surface area contributed by atoms with E-state index < -0.39 is 0 Å². The first-order valence-corrected chi connectivity index (χ1v) is 7.12. The first-order valence-electron chi connectivity index (χ1n) is 6.31. The lowest BCUT2D eigenvalue weighted by molar-refractivity contribution is 0.567. The summed E-state index contributed by atoms with van der Waals surface area (Å²) in [5.74, 6) is 0. The summed E-state index contributed by atoms with van der Waals surface area (Å²) in [7, 11) is 0. The van der Waals surface area contributed by atoms with E-state index in [1.165, 1.54) is 30.6 Å². The Labute approximate surface area is 103 Å². The van der Waals surface area contributed by atoms with Crippen molar-refractivity contribution in [3.05, 3.63) is 34.0 Å². The largest absolute Gasteiger partial charge is 0.309 e. The third-order valence-corrected chi connectivity index (χ3v) is 4.56. The van der Waals surface area contributed by atoms with Crippen molar-refractivity contribution in [1.82, 2.24) is 5.32 Å². The van der Waals surface area contributed by atoms with Crippen molar-refractivity contribution in [1.29, 1.82) is 0 Å². The molecular weight excluding hydrogens is 214 g/mol. The van der Waals surface area contributed by atoms with Gasteiger partial charge in [-0.1, -0.05) is 13.0 Å². The molecule has 0 spiro atoms. The normalized spacial score (nSPS) is 16.8. The molecule has 1 aromatic heterocycles. The summed E-state index contributed by atoms with van der Waals surface area (Å²) >= 11 is 2.01. The maximum absolute atomic E-state index is 3.85. The molecule has 0 bridgehead atoms. The molecular formula is C14H21NS. The van der Waals surface area contributed by atoms with Crippen LogP contribution < -0.4 is 5.32 Å². The van der Waals surface area contributed by atoms with Crippen LogP contribution in [-0.2, 0) is 12.8 Å². The maximum Gasteiger partial charge on any atom is 0.0449 e. The number of rotatable bonds is 5. The van der Waals surface area contributed by atoms with Gasteiger partial charge in [-0.3, -0.25) is 0 Å². The Morgan fingerprint density at radius 1 is 1.50 bits per heavy atom. The molecule has 2 heteroatoms. The highest BCUT2D eigenvalue weighted by Gasteiger charge is 2.17. The maximum atomic E-state index is 3.85. The molecule has 1 N–H and O–H groups in total. The monoisotopic (exact) mass is 235 g/mol. The molecule has 0 aliphatic heterocycles. The summed E-state index contributed by atoms with van der Waals surface area (Å²) in [5, 5.41) is 3.55. The van der Waals surface area contributed by atoms with E-state index in [4.69, 9.17) is 0 Å². The van der Waals surface area contributed by atoms with Gasteiger partial charge in [0.25, 0.3) is 0 Å². The fourth-order valence-corrected chi connectivity index (χ4v) is 3.74. The third-order valence-electron chi connectivity index (χ3n) is 3.21. The average Bonchev–Trinajstić information content (AvgIpc) is 2.72. The zero-order valence-electron chi connectivity index (χ0n) is 10.1. The number of hydrogen-bond acceptors (Lipinski definition) is 2. The summed E-state index contributed by atoms with van der Waals surface area (Å²) in [6.45, 7) is 7.05. The van der Waals surface area contributed by atoms with Crippen LogP contribution >= 0.6 is 11.3 Å². The van der Waals surface area contributed by atoms with Crippen molar-refractivity contribution in [2.24, 2.45) is 0 Å². The Bertz CT molecular complexity index is 330. The van der Waals surface area contributed by atoms with Gasteiger partial charge < -0.3 is 5.32 Å². The van der Waals surface area contributed by atoms with E-state index in [0.717, 1.165) is 13.0 Å². The molecule has 0 fully saturated rings. The van der Waals surface area contributed by atoms with E-state index in [1.807, 2.05) is 17.4 Å². The third kappa shape index (κ3) is 2.55. The van der Waals surface area contributed by atoms with Gasteiger partial charge in [-0.2, -0.15) is 0 Å². The summed E-state index contributed by atoms with van der Waals surface area (Å²) in [6, 6.07) is 2.91. The van der Waals surface area contributed by atoms with Crippen molar-refractivity contribution in [3.63, 3.8) is 0 Å². The molecule has 2 rings (SSSR count). The highest BCUT2D eigenvalue weighted by Crippen LogP contribution is 2.33. The molecule has 0 amide bonds. The Hall–Kier alpha value is -0.600. The van der Waals surface area contributed by atoms with Crippen molar-refractivity contribution in [3.8, 4) is 0 Å². The van der Waals surface area contributed by atoms with Crippen molar-refractivity contribution in [2.75, 3.05) is 6.54 Å². The minimum atomic E-state index is 0.484. The lowest BCUT2D eigenvalue weighted by atomic mass is 9.98. The average molecular weight is 235 g/mol. The number of thiophene rings is 1. The van der Waals surface area contributed by atoms with Gasteiger partial charge >= 0.3 is 0 Å². The van der Waals surface area contributed by atoms with E-state index in [0.29, 0.717) is 6.04 Å². The predicted octanol–water partition coefficient (Wildman–Crippen LogP) is 3.85. The molecule has 1 atom stereocenters. The van der Waals surface area contributed by atoms with Crippen LogP contribution in [-0.4, -0.2) is 6.54 Å². The summed E-state index contributed by atoms with van der Waals surface area (Å²) in [4.78, 5) is 3.14. The first kappa shape index (κ1) is 11.9. The lowest BCUT2D eigenvalue weighted by Gasteiger charge is -2.13. The van der Waals surface area contributed by atoms with Gasteiger partial charge in [0, 0.05) is 15.8 Å². The molecule has 0 aromatic carbocycles. The minimum Gasteiger partial charge on any atom is -0.309 e. The van der Waals surface area contributed by atoms with Crippen LogP contribution in [0.3, 0.4) is 0 Å². The molecule has 0 saturated heterocycles. The molecule has 1 unspecified atom stereocenters. The SMILES string of the molecule is C=CCC(NCC)c1cc2c(s1)CCCC2. The van der Waals surface area contributed by atoms with E-state index in [9.17, 15) is 0 Å². The van der Waals surface area contributed by atoms with Crippen LogP contribution in [0.2, 0.25) is 0 Å². The van der Waals surface area contributed by atoms with E-state index in [2.05, 4.69) is 24.9 Å². The number of hydrogen-bond donors (Lipinski definition) is 1. The second kappa shape index (κ2) is 5.65. The zero-order chi connectivity index (χ0) is 11.4. The van der Waals surface area contributed by atoms with Crippen LogP contribution in [0.4, 0.5) is 0 Å². The van der Waals surface area contributed by atoms with Crippen LogP contribution in [0.5, 0.6) is 0 Å². The second-order valence-corrected chi connectivity index (χ2v) is 5.61. The van der Waals surface area contributed by atoms with Crippen molar-refractivity contribution >= 4 is 11.3 Å². The molecule has 0 saturated carbocycles. The molecule has 1 nitrogen and oxygen atoms in total. The van der Waals surface area contributed by atoms with Crippen molar-refractivity contribution < 1.29 is 0 Å². The molecule has 0 radical (unpaired) electrons. The van der Waals surface area contributed by atoms with Crippen LogP contribution in [0.1, 0.15) is 47.5 Å². The summed E-state index contributed by atoms with van der Waals surface area (Å²) < 4.78 is 0. The van der Waals surface area contributed by atoms with Gasteiger partial charge in [-0.25, -0.2) is 0 Å². The fourth-order valence-electron chi connectivity index (χ4n) is 2.40. The summed E-state index contributed by atoms with van der Waals surface area (Å²) in [6.07, 6.45) is 8.39. The standard InChI is InChI=1S/C14H21NS/c1-3-7-12(15-4-2)14-10-11-8-5-6-9-13(11)16-14/h3,10,12,15H,1,4-9H2,2H3. The highest BCUT2D eigenvalue weighted by atomic mass is 32.1. The first-order chi connectivity index (χ1) is 7.85. The second-order valence-electron chi connectivity index (χ2n) is 4.44. The van der Waals surface area contributed by atoms with E-state index in [1.54, 1.807) is 10.4 Å². The zero-order valence-corrected chi connectivity index (χ0v) is 10.9. The van der Waals surface area contributed by atoms with Crippen LogP contribution in [0.15, 0.2) is 18.7 Å². The van der Waals surface area contributed by atoms with Gasteiger partial charge in [-0.15, -0.1) is 17.9 Å². The molecule has 1 heterocycles. The van der Waals surface area contributed by atoms with Gasteiger partial charge in [0.05, 0.1) is 0 Å². The topological polar surface area (TPSA) is 12.0 Å². The van der Waals surface area contributed by atoms with E-state index in [-0.39, 0.29) is 0 Å². The van der Waals surface area contributed by atoms with Crippen LogP contribution in [0, 0.1) is 0 Å². The lowest BCUT2D eigenvalue weighted by Crippen LogP contribution is -2.19. The Morgan fingerprint density at radius 2 is 2.31 bits per heavy atom. The van der Waals surface area contributed by atoms with Crippen molar-refractivity contribution in [2.45, 2.75) is 45.1 Å². The van der Waals surface area contributed by atoms with Gasteiger partial charge in [0.1, 0.15) is 0 Å². The summed E-state index contributed by atoms with van der Waals surface area (Å²) in [5.41, 5.74) is 1.61. The fraction of sp³-hybridized carbons (Fsp3) is 0.571. The minimum absolute atomic E-state index is 0.484. The quantitative estimate of drug-likeness (QED) is 0.764. The molecule has 1 aliphatic carbocycles. The van der Waals surface area contributed by atoms with E-state index >= 15 is 0 Å². The van der Waals surface area contributed by atoms with Gasteiger partial charge in [-0.05, 0) is 50.3 Å². The smallest absolute Gasteiger partial charge is 0.0449 e. The molecule has 1 aliphatic rings. The Balaban J connectivity index is 2.16. The number of nitrogens with one attached hydrogen (secondary N) is 1. The Kier molecular flexibility index (Phi) is 4.19. The predicted molar refractivity (Wildman–Crippen MR) is 72.2 cm³/mol. The molecule has 16 heavy (non-hydrogen) atoms. The molecule has 88 valence electrons. The Morgan fingerprint density at radius 3 is 3.00 bits per heavy atom. The number of aryl methyl sites for hydroxylation is 2. The highest BCUT2D eigenvalue weighted by molar-refractivity contribution is 7.12. The van der Waals surface area contributed by atoms with Gasteiger partial charge in [0.2, 0.25) is 0 Å². The van der Waals surface area contributed by atoms with Gasteiger partial charge in [0.15, 0.2) is 0 Å².